The molecule has 0 saturated carbocycles. The molecule has 0 aromatic carbocycles. The van der Waals surface area contributed by atoms with Crippen LogP contribution in [0.5, 0.6) is 0 Å². The van der Waals surface area contributed by atoms with Gasteiger partial charge in [0.1, 0.15) is 5.52 Å². The first-order valence-corrected chi connectivity index (χ1v) is 2.72. The first kappa shape index (κ1) is 5.10. The lowest BCUT2D eigenvalue weighted by atomic mass is 10.5. The van der Waals surface area contributed by atoms with E-state index in [2.05, 4.69) is 10.3 Å². The van der Waals surface area contributed by atoms with Crippen LogP contribution in [0.3, 0.4) is 0 Å². The van der Waals surface area contributed by atoms with Crippen LogP contribution in [0.1, 0.15) is 0 Å². The molecule has 2 aromatic heterocycles. The summed E-state index contributed by atoms with van der Waals surface area (Å²) < 4.78 is 1.41. The summed E-state index contributed by atoms with van der Waals surface area (Å²) in [6.07, 6.45) is 1.65. The summed E-state index contributed by atoms with van der Waals surface area (Å²) in [7, 11) is 0. The molecule has 0 fully saturated rings. The molecule has 0 saturated heterocycles. The first-order chi connectivity index (χ1) is 4.79. The Bertz CT molecular complexity index is 321. The number of nitrogens with zero attached hydrogens (tertiary/aromatic N) is 4. The average molecular weight is 138 g/mol. The van der Waals surface area contributed by atoms with Gasteiger partial charge < -0.3 is 11.6 Å². The molecule has 0 aliphatic rings. The molecule has 2 rings (SSSR count). The van der Waals surface area contributed by atoms with Gasteiger partial charge in [-0.1, -0.05) is 0 Å². The summed E-state index contributed by atoms with van der Waals surface area (Å²) in [6.45, 7) is 0. The van der Waals surface area contributed by atoms with Crippen LogP contribution in [-0.4, -0.2) is 19.7 Å². The van der Waals surface area contributed by atoms with Crippen LogP contribution in [0, 0.1) is 0 Å². The lowest BCUT2D eigenvalue weighted by Crippen LogP contribution is -2.14. The van der Waals surface area contributed by atoms with Crippen molar-refractivity contribution in [3.63, 3.8) is 0 Å². The zero-order chi connectivity index (χ0) is 7.14. The second kappa shape index (κ2) is 1.41. The lowest BCUT2D eigenvalue weighted by molar-refractivity contribution is 0.644. The molecule has 10 heavy (non-hydrogen) atoms. The highest BCUT2D eigenvalue weighted by Gasteiger charge is 2.02. The van der Waals surface area contributed by atoms with Crippen molar-refractivity contribution >= 4 is 11.3 Å². The summed E-state index contributed by atoms with van der Waals surface area (Å²) in [5.41, 5.74) is 6.15. The van der Waals surface area contributed by atoms with Crippen LogP contribution in [0.25, 0.3) is 5.52 Å². The average Bonchev–Trinajstić information content (AvgIpc) is 2.41. The zero-order valence-corrected chi connectivity index (χ0v) is 5.10. The summed E-state index contributed by atoms with van der Waals surface area (Å²) >= 11 is 0. The molecule has 0 unspecified atom stereocenters. The SMILES string of the molecule is Nc1nnn2c1ccn2N. The van der Waals surface area contributed by atoms with Gasteiger partial charge in [0.05, 0.1) is 0 Å². The standard InChI is InChI=1S/C4H6N6/c5-4-3-1-2-9(6)10(3)8-7-4/h1-2H,5-6H2. The van der Waals surface area contributed by atoms with E-state index in [4.69, 9.17) is 11.6 Å². The third kappa shape index (κ3) is 0.426. The highest BCUT2D eigenvalue weighted by Crippen LogP contribution is 2.06. The molecular weight excluding hydrogens is 132 g/mol. The van der Waals surface area contributed by atoms with Gasteiger partial charge in [0, 0.05) is 6.20 Å². The molecule has 0 radical (unpaired) electrons. The van der Waals surface area contributed by atoms with E-state index in [1.54, 1.807) is 12.3 Å². The number of anilines is 1. The monoisotopic (exact) mass is 138 g/mol. The maximum Gasteiger partial charge on any atom is 0.175 e. The predicted octanol–water partition coefficient (Wildman–Crippen LogP) is -1.17. The van der Waals surface area contributed by atoms with Crippen molar-refractivity contribution in [3.8, 4) is 0 Å². The first-order valence-electron chi connectivity index (χ1n) is 2.72. The second-order valence-electron chi connectivity index (χ2n) is 1.95. The van der Waals surface area contributed by atoms with E-state index in [1.807, 2.05) is 0 Å². The van der Waals surface area contributed by atoms with Crippen LogP contribution in [0.15, 0.2) is 12.3 Å². The third-order valence-corrected chi connectivity index (χ3v) is 1.32. The lowest BCUT2D eigenvalue weighted by Gasteiger charge is -1.88. The van der Waals surface area contributed by atoms with Gasteiger partial charge in [-0.05, 0) is 11.3 Å². The summed E-state index contributed by atoms with van der Waals surface area (Å²) in [5, 5.41) is 7.26. The van der Waals surface area contributed by atoms with Crippen molar-refractivity contribution in [3.05, 3.63) is 12.3 Å². The van der Waals surface area contributed by atoms with Crippen molar-refractivity contribution in [2.45, 2.75) is 0 Å². The number of nitrogens with two attached hydrogens (primary N) is 2. The highest BCUT2D eigenvalue weighted by molar-refractivity contribution is 5.63. The number of rotatable bonds is 0. The molecule has 6 nitrogen and oxygen atoms in total. The Labute approximate surface area is 56.0 Å². The molecule has 6 heteroatoms. The number of fused-ring (bicyclic) bond motifs is 1. The fraction of sp³-hybridized carbons (Fsp3) is 0. The van der Waals surface area contributed by atoms with Crippen LogP contribution in [0.4, 0.5) is 5.82 Å². The minimum absolute atomic E-state index is 0.393. The van der Waals surface area contributed by atoms with Gasteiger partial charge in [-0.2, -0.15) is 4.79 Å². The molecule has 4 N–H and O–H groups in total. The van der Waals surface area contributed by atoms with Crippen LogP contribution in [0.2, 0.25) is 0 Å². The molecule has 0 atom stereocenters. The van der Waals surface area contributed by atoms with Gasteiger partial charge >= 0.3 is 0 Å². The summed E-state index contributed by atoms with van der Waals surface area (Å²) in [4.78, 5) is 1.30. The quantitative estimate of drug-likeness (QED) is 0.449. The van der Waals surface area contributed by atoms with Gasteiger partial charge in [0.15, 0.2) is 5.82 Å². The van der Waals surface area contributed by atoms with Crippen molar-refractivity contribution in [1.29, 1.82) is 0 Å². The molecule has 0 bridgehead atoms. The van der Waals surface area contributed by atoms with Crippen molar-refractivity contribution in [2.24, 2.45) is 0 Å². The number of aromatic nitrogens is 4. The van der Waals surface area contributed by atoms with E-state index < -0.39 is 0 Å². The molecule has 52 valence electrons. The predicted molar refractivity (Wildman–Crippen MR) is 35.5 cm³/mol. The molecule has 0 amide bonds. The van der Waals surface area contributed by atoms with Crippen molar-refractivity contribution in [1.82, 2.24) is 19.7 Å². The number of hydrogen-bond acceptors (Lipinski definition) is 4. The van der Waals surface area contributed by atoms with E-state index in [-0.39, 0.29) is 0 Å². The van der Waals surface area contributed by atoms with Crippen LogP contribution < -0.4 is 11.6 Å². The Morgan fingerprint density at radius 2 is 2.30 bits per heavy atom. The van der Waals surface area contributed by atoms with Crippen LogP contribution >= 0.6 is 0 Å². The number of nitrogen functional groups attached to an aromatic ring is 2. The summed E-state index contributed by atoms with van der Waals surface area (Å²) in [5.74, 6) is 5.80. The van der Waals surface area contributed by atoms with Gasteiger partial charge in [-0.15, -0.1) is 9.73 Å². The maximum absolute atomic E-state index is 5.43. The Morgan fingerprint density at radius 1 is 1.50 bits per heavy atom. The van der Waals surface area contributed by atoms with E-state index >= 15 is 0 Å². The third-order valence-electron chi connectivity index (χ3n) is 1.32. The van der Waals surface area contributed by atoms with E-state index in [9.17, 15) is 0 Å². The normalized spacial score (nSPS) is 10.8. The number of hydrogen-bond donors (Lipinski definition) is 2. The maximum atomic E-state index is 5.43. The van der Waals surface area contributed by atoms with E-state index in [1.165, 1.54) is 9.42 Å². The van der Waals surface area contributed by atoms with Gasteiger partial charge in [0.2, 0.25) is 0 Å². The smallest absolute Gasteiger partial charge is 0.175 e. The molecule has 0 spiro atoms. The van der Waals surface area contributed by atoms with Crippen molar-refractivity contribution < 1.29 is 0 Å². The summed E-state index contributed by atoms with van der Waals surface area (Å²) in [6, 6.07) is 1.75. The van der Waals surface area contributed by atoms with Crippen LogP contribution in [-0.2, 0) is 0 Å². The Hall–Kier alpha value is -1.72. The minimum atomic E-state index is 0.393. The zero-order valence-electron chi connectivity index (χ0n) is 5.10. The Kier molecular flexibility index (Phi) is 0.717. The molecular formula is C4H6N6. The fourth-order valence-electron chi connectivity index (χ4n) is 0.825. The molecule has 2 heterocycles. The largest absolute Gasteiger partial charge is 0.380 e. The molecule has 2 aromatic rings. The van der Waals surface area contributed by atoms with E-state index in [0.29, 0.717) is 5.82 Å². The Morgan fingerprint density at radius 3 is 3.00 bits per heavy atom. The van der Waals surface area contributed by atoms with Gasteiger partial charge in [-0.3, -0.25) is 0 Å². The Balaban J connectivity index is 2.95. The second-order valence-corrected chi connectivity index (χ2v) is 1.95. The van der Waals surface area contributed by atoms with Gasteiger partial charge in [0.25, 0.3) is 0 Å². The minimum Gasteiger partial charge on any atom is -0.380 e. The van der Waals surface area contributed by atoms with Gasteiger partial charge in [-0.25, -0.2) is 0 Å². The molecule has 0 aliphatic heterocycles. The topological polar surface area (TPSA) is 87.2 Å². The van der Waals surface area contributed by atoms with Crippen molar-refractivity contribution in [2.75, 3.05) is 11.6 Å². The van der Waals surface area contributed by atoms with E-state index in [0.717, 1.165) is 5.52 Å². The fourth-order valence-corrected chi connectivity index (χ4v) is 0.825. The highest BCUT2D eigenvalue weighted by atomic mass is 15.7. The molecule has 0 aliphatic carbocycles.